The van der Waals surface area contributed by atoms with Gasteiger partial charge in [-0.1, -0.05) is 60.1 Å². The largest absolute Gasteiger partial charge is 0.432 e. The average molecular weight is 797 g/mol. The summed E-state index contributed by atoms with van der Waals surface area (Å²) >= 11 is 0. The molecule has 0 amide bonds. The van der Waals surface area contributed by atoms with Gasteiger partial charge in [-0.3, -0.25) is 4.79 Å². The van der Waals surface area contributed by atoms with Gasteiger partial charge in [0.25, 0.3) is 0 Å². The molecule has 0 aromatic heterocycles. The van der Waals surface area contributed by atoms with Crippen molar-refractivity contribution < 1.29 is 69.7 Å². The van der Waals surface area contributed by atoms with Crippen molar-refractivity contribution in [3.63, 3.8) is 0 Å². The Labute approximate surface area is 330 Å². The molecule has 2 heterocycles. The zero-order valence-corrected chi connectivity index (χ0v) is 34.1. The maximum absolute atomic E-state index is 14.8. The molecular formula is C42H68O14. The molecule has 0 aromatic carbocycles. The topological polar surface area (TPSA) is 236 Å². The number of esters is 1. The summed E-state index contributed by atoms with van der Waals surface area (Å²) in [6, 6.07) is 0. The van der Waals surface area contributed by atoms with Crippen LogP contribution in [0.5, 0.6) is 0 Å². The van der Waals surface area contributed by atoms with Crippen LogP contribution in [0.4, 0.5) is 0 Å². The van der Waals surface area contributed by atoms with E-state index in [9.17, 15) is 50.8 Å². The van der Waals surface area contributed by atoms with Gasteiger partial charge in [0.1, 0.15) is 54.2 Å². The van der Waals surface area contributed by atoms with Crippen molar-refractivity contribution in [3.05, 3.63) is 11.6 Å². The predicted octanol–water partition coefficient (Wildman–Crippen LogP) is 1.29. The molecule has 0 radical (unpaired) electrons. The summed E-state index contributed by atoms with van der Waals surface area (Å²) in [6.45, 7) is 14.4. The number of aliphatic hydroxyl groups excluding tert-OH is 9. The molecule has 7 rings (SSSR count). The van der Waals surface area contributed by atoms with Crippen LogP contribution in [0.15, 0.2) is 11.6 Å². The molecule has 2 aliphatic heterocycles. The highest BCUT2D eigenvalue weighted by atomic mass is 16.7. The maximum atomic E-state index is 14.8. The minimum absolute atomic E-state index is 0.00601. The highest BCUT2D eigenvalue weighted by molar-refractivity contribution is 5.80. The molecule has 7 aliphatic rings. The molecule has 14 nitrogen and oxygen atoms in total. The first-order valence-electron chi connectivity index (χ1n) is 20.9. The van der Waals surface area contributed by atoms with Crippen LogP contribution in [0.2, 0.25) is 0 Å². The molecule has 0 unspecified atom stereocenters. The number of ether oxygens (including phenoxy) is 4. The van der Waals surface area contributed by atoms with E-state index in [2.05, 4.69) is 54.5 Å². The van der Waals surface area contributed by atoms with E-state index in [1.54, 1.807) is 0 Å². The molecule has 9 N–H and O–H groups in total. The normalized spacial score (nSPS) is 53.7. The Hall–Kier alpha value is -1.27. The monoisotopic (exact) mass is 796 g/mol. The van der Waals surface area contributed by atoms with Gasteiger partial charge in [0.05, 0.1) is 25.4 Å². The molecular weight excluding hydrogens is 728 g/mol. The third kappa shape index (κ3) is 6.13. The molecule has 0 spiro atoms. The number of aliphatic hydroxyl groups is 9. The van der Waals surface area contributed by atoms with Gasteiger partial charge in [0.2, 0.25) is 6.29 Å². The lowest BCUT2D eigenvalue weighted by Crippen LogP contribution is -2.68. The van der Waals surface area contributed by atoms with Crippen LogP contribution < -0.4 is 0 Å². The smallest absolute Gasteiger partial charge is 0.317 e. The molecule has 4 saturated carbocycles. The van der Waals surface area contributed by atoms with Crippen LogP contribution >= 0.6 is 0 Å². The van der Waals surface area contributed by atoms with Gasteiger partial charge in [0.15, 0.2) is 6.29 Å². The standard InChI is InChI=1S/C42H68O14/c1-37(2)14-15-42(36(52)56-35-32(51)30(49)33(23(19-44)54-35)55-34-31(50)29(48)28(47)22(18-43)53-34)21(16-37)20-8-9-25-39(5)12-11-26(45)38(3,4)24(39)10-13-40(25,6)41(20,7)17-27(42)46/h8,21-35,43-51H,9-19H2,1-7H3/t21-,22+,23+,24-,25+,26-,27+,28+,29-,30+,31+,32+,33+,34+,35-,39-,40+,41+,42+/m0/s1. The minimum atomic E-state index is -1.89. The fraction of sp³-hybridized carbons (Fsp3) is 0.929. The van der Waals surface area contributed by atoms with Crippen LogP contribution in [0.3, 0.4) is 0 Å². The van der Waals surface area contributed by atoms with E-state index in [0.29, 0.717) is 37.5 Å². The summed E-state index contributed by atoms with van der Waals surface area (Å²) in [5, 5.41) is 97.1. The molecule has 5 aliphatic carbocycles. The van der Waals surface area contributed by atoms with E-state index in [0.717, 1.165) is 32.1 Å². The molecule has 320 valence electrons. The van der Waals surface area contributed by atoms with E-state index in [1.165, 1.54) is 5.57 Å². The van der Waals surface area contributed by atoms with Crippen LogP contribution in [0, 0.1) is 50.2 Å². The van der Waals surface area contributed by atoms with Gasteiger partial charge in [-0.05, 0) is 103 Å². The lowest BCUT2D eigenvalue weighted by atomic mass is 9.33. The number of fused-ring (bicyclic) bond motifs is 7. The molecule has 2 saturated heterocycles. The number of hydrogen-bond acceptors (Lipinski definition) is 14. The second-order valence-corrected chi connectivity index (χ2v) is 20.8. The summed E-state index contributed by atoms with van der Waals surface area (Å²) in [7, 11) is 0. The van der Waals surface area contributed by atoms with Crippen LogP contribution in [0.1, 0.15) is 106 Å². The molecule has 0 aromatic rings. The first-order chi connectivity index (χ1) is 26.0. The first kappa shape index (κ1) is 42.8. The quantitative estimate of drug-likeness (QED) is 0.136. The van der Waals surface area contributed by atoms with E-state index < -0.39 is 97.5 Å². The lowest BCUT2D eigenvalue weighted by molar-refractivity contribution is -0.357. The van der Waals surface area contributed by atoms with Gasteiger partial charge < -0.3 is 64.9 Å². The number of hydrogen-bond donors (Lipinski definition) is 9. The molecule has 6 fully saturated rings. The van der Waals surface area contributed by atoms with Crippen molar-refractivity contribution in [2.75, 3.05) is 13.2 Å². The summed E-state index contributed by atoms with van der Waals surface area (Å²) in [6.07, 6.45) is -9.35. The van der Waals surface area contributed by atoms with E-state index in [-0.39, 0.29) is 33.7 Å². The Morgan fingerprint density at radius 3 is 2.02 bits per heavy atom. The van der Waals surface area contributed by atoms with Crippen molar-refractivity contribution in [2.45, 2.75) is 180 Å². The second-order valence-electron chi connectivity index (χ2n) is 20.8. The average Bonchev–Trinajstić information content (AvgIpc) is 3.13. The summed E-state index contributed by atoms with van der Waals surface area (Å²) in [5.41, 5.74) is -1.17. The maximum Gasteiger partial charge on any atom is 0.317 e. The highest BCUT2D eigenvalue weighted by Crippen LogP contribution is 2.76. The van der Waals surface area contributed by atoms with Crippen molar-refractivity contribution >= 4 is 5.97 Å². The minimum Gasteiger partial charge on any atom is -0.432 e. The van der Waals surface area contributed by atoms with Gasteiger partial charge in [-0.25, -0.2) is 0 Å². The van der Waals surface area contributed by atoms with Gasteiger partial charge >= 0.3 is 5.97 Å². The fourth-order valence-electron chi connectivity index (χ4n) is 13.6. The zero-order chi connectivity index (χ0) is 41.1. The molecule has 14 heteroatoms. The first-order valence-corrected chi connectivity index (χ1v) is 20.9. The van der Waals surface area contributed by atoms with E-state index >= 15 is 0 Å². The fourth-order valence-corrected chi connectivity index (χ4v) is 13.6. The van der Waals surface area contributed by atoms with Crippen molar-refractivity contribution in [1.82, 2.24) is 0 Å². The number of carbonyl (C=O) groups is 1. The lowest BCUT2D eigenvalue weighted by Gasteiger charge is -2.71. The third-order valence-corrected chi connectivity index (χ3v) is 17.2. The summed E-state index contributed by atoms with van der Waals surface area (Å²) in [5.74, 6) is -0.449. The predicted molar refractivity (Wildman–Crippen MR) is 199 cm³/mol. The third-order valence-electron chi connectivity index (χ3n) is 17.2. The number of allylic oxidation sites excluding steroid dienone is 2. The zero-order valence-electron chi connectivity index (χ0n) is 34.1. The Morgan fingerprint density at radius 1 is 0.714 bits per heavy atom. The van der Waals surface area contributed by atoms with E-state index in [4.69, 9.17) is 18.9 Å². The highest BCUT2D eigenvalue weighted by Gasteiger charge is 2.72. The second kappa shape index (κ2) is 14.4. The summed E-state index contributed by atoms with van der Waals surface area (Å²) in [4.78, 5) is 14.8. The van der Waals surface area contributed by atoms with E-state index in [1.807, 2.05) is 0 Å². The Bertz CT molecular complexity index is 1520. The SMILES string of the molecule is CC1(C)CC[C@]2(C(=O)O[C@@H]3O[C@H](CO)[C@@H](O[C@H]4O[C@H](CO)[C@@H](O)[C@H](O)[C@H]4O)[C@H](O)[C@H]3O)[C@H](O)C[C@]3(C)C(=CC[C@@H]4[C@@]5(C)CC[C@H](O)C(C)(C)[C@@H]5CC[C@]43C)[C@@H]2C1. The molecule has 0 bridgehead atoms. The Balaban J connectivity index is 1.16. The van der Waals surface area contributed by atoms with Crippen LogP contribution in [0.25, 0.3) is 0 Å². The summed E-state index contributed by atoms with van der Waals surface area (Å²) < 4.78 is 23.0. The van der Waals surface area contributed by atoms with Gasteiger partial charge in [0, 0.05) is 0 Å². The molecule has 56 heavy (non-hydrogen) atoms. The van der Waals surface area contributed by atoms with Crippen molar-refractivity contribution in [1.29, 1.82) is 0 Å². The van der Waals surface area contributed by atoms with Crippen molar-refractivity contribution in [3.8, 4) is 0 Å². The van der Waals surface area contributed by atoms with Crippen LogP contribution in [-0.4, -0.2) is 139 Å². The van der Waals surface area contributed by atoms with Gasteiger partial charge in [-0.2, -0.15) is 0 Å². The Morgan fingerprint density at radius 2 is 1.36 bits per heavy atom. The Kier molecular flexibility index (Phi) is 11.0. The molecule has 19 atom stereocenters. The van der Waals surface area contributed by atoms with Gasteiger partial charge in [-0.15, -0.1) is 0 Å². The number of carbonyl (C=O) groups excluding carboxylic acids is 1. The number of rotatable bonds is 6. The van der Waals surface area contributed by atoms with Crippen LogP contribution in [-0.2, 0) is 23.7 Å². The van der Waals surface area contributed by atoms with Crippen molar-refractivity contribution in [2.24, 2.45) is 50.2 Å².